The second kappa shape index (κ2) is 10.1. The van der Waals surface area contributed by atoms with Gasteiger partial charge in [0.2, 0.25) is 0 Å². The third-order valence-corrected chi connectivity index (χ3v) is 9.33. The molecule has 0 aliphatic heterocycles. The van der Waals surface area contributed by atoms with Crippen LogP contribution >= 0.6 is 0 Å². The van der Waals surface area contributed by atoms with E-state index in [1.54, 1.807) is 0 Å². The number of hydrogen-bond acceptors (Lipinski definition) is 4. The highest BCUT2D eigenvalue weighted by atomic mass is 16.3. The Kier molecular flexibility index (Phi) is 5.54. The molecule has 47 heavy (non-hydrogen) atoms. The maximum Gasteiger partial charge on any atom is 0.164 e. The van der Waals surface area contributed by atoms with Crippen LogP contribution in [0.15, 0.2) is 156 Å². The normalized spacial score (nSPS) is 11.8. The molecule has 0 amide bonds. The first-order chi connectivity index (χ1) is 23.3. The number of benzene rings is 8. The topological polar surface area (TPSA) is 51.8 Å². The minimum Gasteiger partial charge on any atom is -0.456 e. The molecule has 0 fully saturated rings. The van der Waals surface area contributed by atoms with E-state index < -0.39 is 0 Å². The summed E-state index contributed by atoms with van der Waals surface area (Å²) in [5.74, 6) is 1.88. The van der Waals surface area contributed by atoms with Crippen molar-refractivity contribution in [1.82, 2.24) is 15.0 Å². The summed E-state index contributed by atoms with van der Waals surface area (Å²) in [5.41, 5.74) is 4.47. The van der Waals surface area contributed by atoms with Crippen molar-refractivity contribution in [1.29, 1.82) is 0 Å². The first kappa shape index (κ1) is 25.9. The predicted octanol–water partition coefficient (Wildman–Crippen LogP) is 11.4. The molecule has 0 N–H and O–H groups in total. The van der Waals surface area contributed by atoms with Crippen molar-refractivity contribution in [3.05, 3.63) is 152 Å². The molecule has 0 aliphatic carbocycles. The standard InChI is InChI=1S/C43H25N3O/c1-2-11-27(12-3-1)41-44-42(46-43(45-41)37-17-9-19-39-40(37)36-14-6-7-18-38(36)47-39)35-16-8-15-29-32-23-22-30-28-13-5-4-10-26(28)20-21-31(30)33(32)24-25-34(29)35/h1-25H. The number of furan rings is 1. The van der Waals surface area contributed by atoms with E-state index in [0.29, 0.717) is 17.5 Å². The quantitative estimate of drug-likeness (QED) is 0.190. The molecular formula is C43H25N3O. The van der Waals surface area contributed by atoms with E-state index >= 15 is 0 Å². The lowest BCUT2D eigenvalue weighted by Gasteiger charge is -2.13. The van der Waals surface area contributed by atoms with Gasteiger partial charge < -0.3 is 4.42 Å². The molecule has 0 bridgehead atoms. The predicted molar refractivity (Wildman–Crippen MR) is 193 cm³/mol. The van der Waals surface area contributed by atoms with Gasteiger partial charge in [0, 0.05) is 27.5 Å². The van der Waals surface area contributed by atoms with E-state index in [1.165, 1.54) is 37.7 Å². The van der Waals surface area contributed by atoms with Gasteiger partial charge in [-0.2, -0.15) is 0 Å². The summed E-state index contributed by atoms with van der Waals surface area (Å²) < 4.78 is 6.23. The smallest absolute Gasteiger partial charge is 0.164 e. The monoisotopic (exact) mass is 599 g/mol. The Morgan fingerprint density at radius 2 is 0.851 bits per heavy atom. The SMILES string of the molecule is c1ccc(-c2nc(-c3cccc4c3ccc3c4ccc4c5ccccc5ccc43)nc(-c3cccc4oc5ccccc5c34)n2)cc1. The van der Waals surface area contributed by atoms with E-state index in [-0.39, 0.29) is 0 Å². The summed E-state index contributed by atoms with van der Waals surface area (Å²) in [4.78, 5) is 15.3. The Hall–Kier alpha value is -6.39. The third-order valence-electron chi connectivity index (χ3n) is 9.33. The number of aromatic nitrogens is 3. The Balaban J connectivity index is 1.23. The van der Waals surface area contributed by atoms with Gasteiger partial charge in [-0.3, -0.25) is 0 Å². The Labute approximate surface area is 269 Å². The lowest BCUT2D eigenvalue weighted by Crippen LogP contribution is -2.01. The molecule has 0 radical (unpaired) electrons. The Morgan fingerprint density at radius 1 is 0.319 bits per heavy atom. The van der Waals surface area contributed by atoms with Crippen molar-refractivity contribution in [3.8, 4) is 34.2 Å². The minimum absolute atomic E-state index is 0.613. The van der Waals surface area contributed by atoms with Crippen LogP contribution in [0.2, 0.25) is 0 Å². The summed E-state index contributed by atoms with van der Waals surface area (Å²) in [6.07, 6.45) is 0. The summed E-state index contributed by atoms with van der Waals surface area (Å²) in [6.45, 7) is 0. The first-order valence-electron chi connectivity index (χ1n) is 15.8. The average molecular weight is 600 g/mol. The van der Waals surface area contributed by atoms with Gasteiger partial charge in [-0.05, 0) is 55.2 Å². The fourth-order valence-electron chi connectivity index (χ4n) is 7.16. The molecule has 0 saturated heterocycles. The van der Waals surface area contributed by atoms with Crippen LogP contribution in [0.1, 0.15) is 0 Å². The van der Waals surface area contributed by atoms with Crippen LogP contribution in [0.25, 0.3) is 99.2 Å². The van der Waals surface area contributed by atoms with E-state index in [9.17, 15) is 0 Å². The molecule has 10 aromatic rings. The third kappa shape index (κ3) is 3.98. The second-order valence-corrected chi connectivity index (χ2v) is 12.0. The molecule has 0 atom stereocenters. The second-order valence-electron chi connectivity index (χ2n) is 12.0. The maximum absolute atomic E-state index is 6.23. The van der Waals surface area contributed by atoms with Gasteiger partial charge in [0.1, 0.15) is 11.2 Å². The van der Waals surface area contributed by atoms with Gasteiger partial charge >= 0.3 is 0 Å². The first-order valence-corrected chi connectivity index (χ1v) is 15.8. The fourth-order valence-corrected chi connectivity index (χ4v) is 7.16. The number of para-hydroxylation sites is 1. The molecular weight excluding hydrogens is 574 g/mol. The molecule has 0 saturated carbocycles. The molecule has 8 aromatic carbocycles. The Bertz CT molecular complexity index is 2850. The van der Waals surface area contributed by atoms with Crippen LogP contribution in [0.3, 0.4) is 0 Å². The average Bonchev–Trinajstić information content (AvgIpc) is 3.53. The maximum atomic E-state index is 6.23. The molecule has 2 aromatic heterocycles. The molecule has 0 unspecified atom stereocenters. The molecule has 0 aliphatic rings. The van der Waals surface area contributed by atoms with Gasteiger partial charge in [0.05, 0.1) is 0 Å². The number of fused-ring (bicyclic) bond motifs is 10. The molecule has 218 valence electrons. The lowest BCUT2D eigenvalue weighted by molar-refractivity contribution is 0.669. The van der Waals surface area contributed by atoms with Crippen molar-refractivity contribution in [3.63, 3.8) is 0 Å². The van der Waals surface area contributed by atoms with Crippen molar-refractivity contribution < 1.29 is 4.42 Å². The summed E-state index contributed by atoms with van der Waals surface area (Å²) in [6, 6.07) is 52.8. The fraction of sp³-hybridized carbons (Fsp3) is 0. The summed E-state index contributed by atoms with van der Waals surface area (Å²) in [5, 5.41) is 11.8. The molecule has 2 heterocycles. The van der Waals surface area contributed by atoms with Crippen molar-refractivity contribution in [2.45, 2.75) is 0 Å². The van der Waals surface area contributed by atoms with E-state index in [4.69, 9.17) is 19.4 Å². The zero-order valence-corrected chi connectivity index (χ0v) is 25.2. The van der Waals surface area contributed by atoms with Gasteiger partial charge in [-0.25, -0.2) is 15.0 Å². The Morgan fingerprint density at radius 3 is 1.68 bits per heavy atom. The van der Waals surface area contributed by atoms with Crippen molar-refractivity contribution >= 4 is 65.0 Å². The minimum atomic E-state index is 0.613. The highest BCUT2D eigenvalue weighted by molar-refractivity contribution is 6.23. The van der Waals surface area contributed by atoms with Gasteiger partial charge in [0.15, 0.2) is 17.5 Å². The van der Waals surface area contributed by atoms with E-state index in [2.05, 4.69) is 91.0 Å². The van der Waals surface area contributed by atoms with Crippen LogP contribution in [0.4, 0.5) is 0 Å². The number of nitrogens with zero attached hydrogens (tertiary/aromatic N) is 3. The largest absolute Gasteiger partial charge is 0.456 e. The van der Waals surface area contributed by atoms with Gasteiger partial charge in [-0.15, -0.1) is 0 Å². The zero-order valence-electron chi connectivity index (χ0n) is 25.2. The lowest BCUT2D eigenvalue weighted by atomic mass is 9.93. The highest BCUT2D eigenvalue weighted by Gasteiger charge is 2.19. The molecule has 4 nitrogen and oxygen atoms in total. The van der Waals surface area contributed by atoms with Crippen LogP contribution in [0, 0.1) is 0 Å². The summed E-state index contributed by atoms with van der Waals surface area (Å²) in [7, 11) is 0. The summed E-state index contributed by atoms with van der Waals surface area (Å²) >= 11 is 0. The van der Waals surface area contributed by atoms with E-state index in [1.807, 2.05) is 60.7 Å². The van der Waals surface area contributed by atoms with Crippen LogP contribution in [-0.4, -0.2) is 15.0 Å². The van der Waals surface area contributed by atoms with E-state index in [0.717, 1.165) is 44.0 Å². The van der Waals surface area contributed by atoms with Gasteiger partial charge in [-0.1, -0.05) is 140 Å². The van der Waals surface area contributed by atoms with Crippen LogP contribution in [0.5, 0.6) is 0 Å². The zero-order chi connectivity index (χ0) is 30.9. The van der Waals surface area contributed by atoms with Crippen LogP contribution in [-0.2, 0) is 0 Å². The molecule has 4 heteroatoms. The molecule has 0 spiro atoms. The highest BCUT2D eigenvalue weighted by Crippen LogP contribution is 2.39. The number of hydrogen-bond donors (Lipinski definition) is 0. The van der Waals surface area contributed by atoms with Crippen molar-refractivity contribution in [2.75, 3.05) is 0 Å². The van der Waals surface area contributed by atoms with Crippen molar-refractivity contribution in [2.24, 2.45) is 0 Å². The van der Waals surface area contributed by atoms with Gasteiger partial charge in [0.25, 0.3) is 0 Å². The molecule has 10 rings (SSSR count). The van der Waals surface area contributed by atoms with Crippen LogP contribution < -0.4 is 0 Å². The number of rotatable bonds is 3.